The molecule has 2 N–H and O–H groups in total. The molecule has 0 spiro atoms. The van der Waals surface area contributed by atoms with Crippen LogP contribution in [0.4, 0.5) is 5.69 Å². The van der Waals surface area contributed by atoms with Crippen LogP contribution in [0.25, 0.3) is 0 Å². The van der Waals surface area contributed by atoms with E-state index in [4.69, 9.17) is 9.52 Å². The quantitative estimate of drug-likeness (QED) is 0.574. The Bertz CT molecular complexity index is 683. The van der Waals surface area contributed by atoms with Crippen LogP contribution in [0.3, 0.4) is 0 Å². The lowest BCUT2D eigenvalue weighted by molar-refractivity contribution is -0.113. The zero-order valence-electron chi connectivity index (χ0n) is 11.1. The van der Waals surface area contributed by atoms with E-state index >= 15 is 0 Å². The van der Waals surface area contributed by atoms with Gasteiger partial charge in [-0.05, 0) is 65.4 Å². The smallest absolute Gasteiger partial charge is 0.371 e. The summed E-state index contributed by atoms with van der Waals surface area (Å²) in [5.74, 6) is -1.28. The van der Waals surface area contributed by atoms with Crippen molar-refractivity contribution in [3.63, 3.8) is 0 Å². The van der Waals surface area contributed by atoms with Crippen molar-refractivity contribution in [1.29, 1.82) is 0 Å². The maximum Gasteiger partial charge on any atom is 0.371 e. The van der Waals surface area contributed by atoms with E-state index in [1.54, 1.807) is 0 Å². The van der Waals surface area contributed by atoms with Gasteiger partial charge in [-0.15, -0.1) is 0 Å². The summed E-state index contributed by atoms with van der Waals surface area (Å²) in [4.78, 5) is 22.5. The highest BCUT2D eigenvalue weighted by atomic mass is 127. The fourth-order valence-electron chi connectivity index (χ4n) is 1.60. The molecule has 1 amide bonds. The number of carbonyl (C=O) groups is 2. The van der Waals surface area contributed by atoms with Crippen molar-refractivity contribution in [2.24, 2.45) is 0 Å². The van der Waals surface area contributed by atoms with Gasteiger partial charge in [0, 0.05) is 9.26 Å². The van der Waals surface area contributed by atoms with Gasteiger partial charge in [-0.2, -0.15) is 0 Å². The Morgan fingerprint density at radius 1 is 1.33 bits per heavy atom. The summed E-state index contributed by atoms with van der Waals surface area (Å²) in [7, 11) is 0. The summed E-state index contributed by atoms with van der Waals surface area (Å²) in [6, 6.07) is 8.66. The molecule has 5 nitrogen and oxygen atoms in total. The number of hydrogen-bond acceptors (Lipinski definition) is 4. The number of thioether (sulfide) groups is 1. The van der Waals surface area contributed by atoms with Crippen LogP contribution in [0.15, 0.2) is 39.8 Å². The van der Waals surface area contributed by atoms with Crippen LogP contribution < -0.4 is 5.32 Å². The van der Waals surface area contributed by atoms with Gasteiger partial charge in [-0.25, -0.2) is 4.79 Å². The third kappa shape index (κ3) is 4.50. The predicted octanol–water partition coefficient (Wildman–Crippen LogP) is 3.62. The van der Waals surface area contributed by atoms with E-state index in [1.165, 1.54) is 12.1 Å². The minimum absolute atomic E-state index is 0.133. The van der Waals surface area contributed by atoms with E-state index in [9.17, 15) is 9.59 Å². The van der Waals surface area contributed by atoms with Crippen LogP contribution in [0.1, 0.15) is 16.1 Å². The van der Waals surface area contributed by atoms with Gasteiger partial charge in [0.15, 0.2) is 5.09 Å². The van der Waals surface area contributed by atoms with E-state index < -0.39 is 5.97 Å². The first-order valence-electron chi connectivity index (χ1n) is 5.97. The molecule has 0 saturated carbocycles. The first-order valence-corrected chi connectivity index (χ1v) is 8.04. The van der Waals surface area contributed by atoms with E-state index in [0.717, 1.165) is 26.6 Å². The molecule has 0 aliphatic heterocycles. The van der Waals surface area contributed by atoms with Gasteiger partial charge in [0.2, 0.25) is 11.7 Å². The molecule has 1 heterocycles. The number of aryl methyl sites for hydroxylation is 1. The Morgan fingerprint density at radius 2 is 2.10 bits per heavy atom. The van der Waals surface area contributed by atoms with E-state index in [0.29, 0.717) is 5.09 Å². The van der Waals surface area contributed by atoms with Crippen LogP contribution in [-0.2, 0) is 4.79 Å². The molecular formula is C14H12INO4S. The number of benzene rings is 1. The molecule has 0 bridgehead atoms. The Hall–Kier alpha value is -1.48. The lowest BCUT2D eigenvalue weighted by atomic mass is 10.2. The summed E-state index contributed by atoms with van der Waals surface area (Å²) in [6.07, 6.45) is 0. The van der Waals surface area contributed by atoms with Gasteiger partial charge in [-0.3, -0.25) is 4.79 Å². The monoisotopic (exact) mass is 417 g/mol. The minimum atomic E-state index is -1.12. The zero-order valence-corrected chi connectivity index (χ0v) is 14.0. The Labute approximate surface area is 139 Å². The van der Waals surface area contributed by atoms with Gasteiger partial charge < -0.3 is 14.8 Å². The SMILES string of the molecule is Cc1cc(I)ccc1NC(=O)CSc1ccc(C(=O)O)o1. The average Bonchev–Trinajstić information content (AvgIpc) is 2.89. The molecule has 1 aromatic heterocycles. The second kappa shape index (κ2) is 6.99. The number of carboxylic acids is 1. The van der Waals surface area contributed by atoms with Crippen molar-refractivity contribution >= 4 is 51.9 Å². The molecule has 0 aliphatic carbocycles. The van der Waals surface area contributed by atoms with Crippen LogP contribution in [0.5, 0.6) is 0 Å². The molecule has 0 saturated heterocycles. The number of hydrogen-bond donors (Lipinski definition) is 2. The number of anilines is 1. The molecule has 21 heavy (non-hydrogen) atoms. The number of amides is 1. The van der Waals surface area contributed by atoms with Crippen molar-refractivity contribution in [2.45, 2.75) is 12.0 Å². The maximum atomic E-state index is 11.9. The largest absolute Gasteiger partial charge is 0.475 e. The molecule has 0 radical (unpaired) electrons. The van der Waals surface area contributed by atoms with Gasteiger partial charge in [0.1, 0.15) is 0 Å². The van der Waals surface area contributed by atoms with Crippen molar-refractivity contribution in [3.8, 4) is 0 Å². The van der Waals surface area contributed by atoms with Gasteiger partial charge >= 0.3 is 5.97 Å². The van der Waals surface area contributed by atoms with Crippen LogP contribution in [0, 0.1) is 10.5 Å². The van der Waals surface area contributed by atoms with Gasteiger partial charge in [0.25, 0.3) is 0 Å². The first kappa shape index (κ1) is 15.9. The topological polar surface area (TPSA) is 79.5 Å². The lowest BCUT2D eigenvalue weighted by Crippen LogP contribution is -2.14. The summed E-state index contributed by atoms with van der Waals surface area (Å²) in [5, 5.41) is 12.0. The number of carboxylic acid groups (broad SMARTS) is 1. The fraction of sp³-hybridized carbons (Fsp3) is 0.143. The van der Waals surface area contributed by atoms with Crippen molar-refractivity contribution in [1.82, 2.24) is 0 Å². The number of rotatable bonds is 5. The molecule has 0 aliphatic rings. The fourth-order valence-corrected chi connectivity index (χ4v) is 2.91. The Kier molecular flexibility index (Phi) is 5.29. The molecular weight excluding hydrogens is 405 g/mol. The average molecular weight is 417 g/mol. The highest BCUT2D eigenvalue weighted by molar-refractivity contribution is 14.1. The lowest BCUT2D eigenvalue weighted by Gasteiger charge is -2.08. The molecule has 0 unspecified atom stereocenters. The molecule has 2 aromatic rings. The van der Waals surface area contributed by atoms with Crippen molar-refractivity contribution < 1.29 is 19.1 Å². The number of aromatic carboxylic acids is 1. The van der Waals surface area contributed by atoms with Gasteiger partial charge in [0.05, 0.1) is 5.75 Å². The number of halogens is 1. The Morgan fingerprint density at radius 3 is 2.71 bits per heavy atom. The highest BCUT2D eigenvalue weighted by Gasteiger charge is 2.11. The number of nitrogens with one attached hydrogen (secondary N) is 1. The zero-order chi connectivity index (χ0) is 15.4. The number of furan rings is 1. The van der Waals surface area contributed by atoms with Crippen LogP contribution in [0.2, 0.25) is 0 Å². The molecule has 7 heteroatoms. The number of carbonyl (C=O) groups excluding carboxylic acids is 1. The second-order valence-corrected chi connectivity index (χ2v) is 6.45. The summed E-state index contributed by atoms with van der Waals surface area (Å²) < 4.78 is 6.17. The molecule has 110 valence electrons. The molecule has 0 atom stereocenters. The van der Waals surface area contributed by atoms with Crippen LogP contribution >= 0.6 is 34.4 Å². The molecule has 0 fully saturated rings. The predicted molar refractivity (Wildman–Crippen MR) is 88.9 cm³/mol. The standard InChI is InChI=1S/C14H12INO4S/c1-8-6-9(15)2-3-10(8)16-12(17)7-21-13-5-4-11(20-13)14(18)19/h2-6H,7H2,1H3,(H,16,17)(H,18,19). The van der Waals surface area contributed by atoms with Crippen molar-refractivity contribution in [3.05, 3.63) is 45.2 Å². The molecule has 1 aromatic carbocycles. The molecule has 2 rings (SSSR count). The first-order chi connectivity index (χ1) is 9.95. The van der Waals surface area contributed by atoms with E-state index in [-0.39, 0.29) is 17.4 Å². The second-order valence-electron chi connectivity index (χ2n) is 4.22. The van der Waals surface area contributed by atoms with Crippen LogP contribution in [-0.4, -0.2) is 22.7 Å². The van der Waals surface area contributed by atoms with Gasteiger partial charge in [-0.1, -0.05) is 11.8 Å². The third-order valence-electron chi connectivity index (χ3n) is 2.60. The Balaban J connectivity index is 1.91. The van der Waals surface area contributed by atoms with Crippen molar-refractivity contribution in [2.75, 3.05) is 11.1 Å². The summed E-state index contributed by atoms with van der Waals surface area (Å²) >= 11 is 3.36. The maximum absolute atomic E-state index is 11.9. The van der Waals surface area contributed by atoms with E-state index in [2.05, 4.69) is 27.9 Å². The third-order valence-corrected chi connectivity index (χ3v) is 4.18. The normalized spacial score (nSPS) is 10.4. The summed E-state index contributed by atoms with van der Waals surface area (Å²) in [5.41, 5.74) is 1.76. The van der Waals surface area contributed by atoms with E-state index in [1.807, 2.05) is 25.1 Å². The minimum Gasteiger partial charge on any atom is -0.475 e. The summed E-state index contributed by atoms with van der Waals surface area (Å²) in [6.45, 7) is 1.93. The highest BCUT2D eigenvalue weighted by Crippen LogP contribution is 2.22.